The molecule has 0 aliphatic carbocycles. The fourth-order valence-electron chi connectivity index (χ4n) is 1.49. The minimum atomic E-state index is -3.59. The molecule has 1 aromatic heterocycles. The standard InChI is InChI=1S/C10H18ClN3O2S/c1-5-14(6-8(2)3)17(15,16)10-9(11)13(4)7-12-10/h7-8H,5-6H2,1-4H3. The van der Waals surface area contributed by atoms with Gasteiger partial charge in [-0.25, -0.2) is 13.4 Å². The van der Waals surface area contributed by atoms with Crippen LogP contribution in [0.2, 0.25) is 5.15 Å². The Labute approximate surface area is 107 Å². The van der Waals surface area contributed by atoms with E-state index in [0.717, 1.165) is 0 Å². The molecule has 5 nitrogen and oxygen atoms in total. The van der Waals surface area contributed by atoms with Crippen LogP contribution in [0.4, 0.5) is 0 Å². The number of aromatic nitrogens is 2. The molecule has 17 heavy (non-hydrogen) atoms. The molecule has 0 aromatic carbocycles. The van der Waals surface area contributed by atoms with Crippen molar-refractivity contribution in [1.82, 2.24) is 13.9 Å². The van der Waals surface area contributed by atoms with Gasteiger partial charge >= 0.3 is 0 Å². The Morgan fingerprint density at radius 1 is 1.53 bits per heavy atom. The molecule has 98 valence electrons. The van der Waals surface area contributed by atoms with Crippen molar-refractivity contribution in [3.05, 3.63) is 11.5 Å². The Kier molecular flexibility index (Phi) is 4.57. The quantitative estimate of drug-likeness (QED) is 0.825. The summed E-state index contributed by atoms with van der Waals surface area (Å²) in [5.74, 6) is 0.257. The second-order valence-electron chi connectivity index (χ2n) is 4.30. The summed E-state index contributed by atoms with van der Waals surface area (Å²) in [6.45, 7) is 6.62. The SMILES string of the molecule is CCN(CC(C)C)S(=O)(=O)c1ncn(C)c1Cl. The zero-order valence-corrected chi connectivity index (χ0v) is 12.1. The molecule has 1 heterocycles. The van der Waals surface area contributed by atoms with Crippen LogP contribution < -0.4 is 0 Å². The Morgan fingerprint density at radius 2 is 2.12 bits per heavy atom. The molecule has 0 bridgehead atoms. The Balaban J connectivity index is 3.13. The third-order valence-corrected chi connectivity index (χ3v) is 4.77. The second-order valence-corrected chi connectivity index (χ2v) is 6.51. The molecule has 0 unspecified atom stereocenters. The van der Waals surface area contributed by atoms with Gasteiger partial charge in [0.25, 0.3) is 10.0 Å². The summed E-state index contributed by atoms with van der Waals surface area (Å²) in [5, 5.41) is 0.0800. The number of rotatable bonds is 5. The molecule has 0 atom stereocenters. The van der Waals surface area contributed by atoms with Crippen molar-refractivity contribution >= 4 is 21.6 Å². The van der Waals surface area contributed by atoms with Crippen LogP contribution in [-0.4, -0.2) is 35.4 Å². The summed E-state index contributed by atoms with van der Waals surface area (Å²) in [6.07, 6.45) is 1.40. The summed E-state index contributed by atoms with van der Waals surface area (Å²) >= 11 is 5.93. The number of imidazole rings is 1. The fraction of sp³-hybridized carbons (Fsp3) is 0.700. The van der Waals surface area contributed by atoms with Gasteiger partial charge in [-0.1, -0.05) is 32.4 Å². The van der Waals surface area contributed by atoms with E-state index in [4.69, 9.17) is 11.6 Å². The Hall–Kier alpha value is -0.590. The predicted molar refractivity (Wildman–Crippen MR) is 67.5 cm³/mol. The third-order valence-electron chi connectivity index (χ3n) is 2.34. The zero-order valence-electron chi connectivity index (χ0n) is 10.5. The first-order chi connectivity index (χ1) is 7.80. The van der Waals surface area contributed by atoms with E-state index in [1.54, 1.807) is 14.0 Å². The van der Waals surface area contributed by atoms with E-state index in [9.17, 15) is 8.42 Å². The predicted octanol–water partition coefficient (Wildman–Crippen LogP) is 1.74. The first-order valence-corrected chi connectivity index (χ1v) is 7.29. The molecular weight excluding hydrogens is 262 g/mol. The van der Waals surface area contributed by atoms with E-state index in [-0.39, 0.29) is 16.1 Å². The highest BCUT2D eigenvalue weighted by atomic mass is 35.5. The number of aryl methyl sites for hydroxylation is 1. The summed E-state index contributed by atoms with van der Waals surface area (Å²) in [4.78, 5) is 3.86. The number of halogens is 1. The van der Waals surface area contributed by atoms with Gasteiger partial charge in [0, 0.05) is 20.1 Å². The maximum absolute atomic E-state index is 12.3. The normalized spacial score (nSPS) is 12.6. The van der Waals surface area contributed by atoms with Gasteiger partial charge < -0.3 is 4.57 Å². The van der Waals surface area contributed by atoms with Gasteiger partial charge in [-0.3, -0.25) is 0 Å². The monoisotopic (exact) mass is 279 g/mol. The van der Waals surface area contributed by atoms with Crippen molar-refractivity contribution in [2.24, 2.45) is 13.0 Å². The lowest BCUT2D eigenvalue weighted by molar-refractivity contribution is 0.379. The average molecular weight is 280 g/mol. The van der Waals surface area contributed by atoms with Crippen molar-refractivity contribution in [1.29, 1.82) is 0 Å². The molecule has 0 amide bonds. The summed E-state index contributed by atoms with van der Waals surface area (Å²) in [6, 6.07) is 0. The zero-order chi connectivity index (χ0) is 13.2. The molecule has 0 aliphatic heterocycles. The Bertz CT molecular complexity index is 482. The molecule has 0 radical (unpaired) electrons. The molecule has 0 saturated carbocycles. The molecule has 0 aliphatic rings. The van der Waals surface area contributed by atoms with Gasteiger partial charge in [0.15, 0.2) is 0 Å². The van der Waals surface area contributed by atoms with Crippen molar-refractivity contribution in [3.63, 3.8) is 0 Å². The van der Waals surface area contributed by atoms with Crippen LogP contribution in [0.1, 0.15) is 20.8 Å². The molecule has 7 heteroatoms. The van der Waals surface area contributed by atoms with Crippen molar-refractivity contribution < 1.29 is 8.42 Å². The van der Waals surface area contributed by atoms with Crippen LogP contribution in [0.15, 0.2) is 11.4 Å². The van der Waals surface area contributed by atoms with Gasteiger partial charge in [-0.2, -0.15) is 4.31 Å². The first kappa shape index (κ1) is 14.5. The lowest BCUT2D eigenvalue weighted by atomic mass is 10.2. The van der Waals surface area contributed by atoms with Crippen LogP contribution >= 0.6 is 11.6 Å². The third kappa shape index (κ3) is 3.00. The van der Waals surface area contributed by atoms with Crippen LogP contribution in [0.3, 0.4) is 0 Å². The van der Waals surface area contributed by atoms with Gasteiger partial charge in [0.05, 0.1) is 6.33 Å². The molecular formula is C10H18ClN3O2S. The summed E-state index contributed by atoms with van der Waals surface area (Å²) < 4.78 is 27.5. The second kappa shape index (κ2) is 5.37. The maximum Gasteiger partial charge on any atom is 0.263 e. The highest BCUT2D eigenvalue weighted by molar-refractivity contribution is 7.89. The number of nitrogens with zero attached hydrogens (tertiary/aromatic N) is 3. The smallest absolute Gasteiger partial charge is 0.263 e. The van der Waals surface area contributed by atoms with E-state index >= 15 is 0 Å². The largest absolute Gasteiger partial charge is 0.324 e. The molecule has 0 spiro atoms. The molecule has 1 aromatic rings. The molecule has 0 saturated heterocycles. The molecule has 0 fully saturated rings. The van der Waals surface area contributed by atoms with Crippen LogP contribution in [0.5, 0.6) is 0 Å². The highest BCUT2D eigenvalue weighted by Gasteiger charge is 2.29. The minimum Gasteiger partial charge on any atom is -0.324 e. The van der Waals surface area contributed by atoms with Gasteiger partial charge in [0.2, 0.25) is 5.03 Å². The number of hydrogen-bond acceptors (Lipinski definition) is 3. The number of hydrogen-bond donors (Lipinski definition) is 0. The lowest BCUT2D eigenvalue weighted by Gasteiger charge is -2.21. The molecule has 1 rings (SSSR count). The topological polar surface area (TPSA) is 55.2 Å². The van der Waals surface area contributed by atoms with Crippen LogP contribution in [0, 0.1) is 5.92 Å². The van der Waals surface area contributed by atoms with Gasteiger partial charge in [0.1, 0.15) is 5.15 Å². The molecule has 0 N–H and O–H groups in total. The maximum atomic E-state index is 12.3. The van der Waals surface area contributed by atoms with Gasteiger partial charge in [-0.15, -0.1) is 0 Å². The van der Waals surface area contributed by atoms with Gasteiger partial charge in [-0.05, 0) is 5.92 Å². The van der Waals surface area contributed by atoms with Crippen LogP contribution in [-0.2, 0) is 17.1 Å². The van der Waals surface area contributed by atoms with Crippen molar-refractivity contribution in [2.75, 3.05) is 13.1 Å². The van der Waals surface area contributed by atoms with E-state index in [1.165, 1.54) is 15.2 Å². The van der Waals surface area contributed by atoms with Crippen molar-refractivity contribution in [2.45, 2.75) is 25.8 Å². The minimum absolute atomic E-state index is 0.0656. The highest BCUT2D eigenvalue weighted by Crippen LogP contribution is 2.22. The van der Waals surface area contributed by atoms with E-state index in [2.05, 4.69) is 4.98 Å². The Morgan fingerprint density at radius 3 is 2.47 bits per heavy atom. The summed E-state index contributed by atoms with van der Waals surface area (Å²) in [7, 11) is -1.93. The van der Waals surface area contributed by atoms with E-state index < -0.39 is 10.0 Å². The first-order valence-electron chi connectivity index (χ1n) is 5.47. The van der Waals surface area contributed by atoms with Crippen LogP contribution in [0.25, 0.3) is 0 Å². The van der Waals surface area contributed by atoms with E-state index in [0.29, 0.717) is 13.1 Å². The fourth-order valence-corrected chi connectivity index (χ4v) is 3.49. The number of sulfonamides is 1. The summed E-state index contributed by atoms with van der Waals surface area (Å²) in [5.41, 5.74) is 0. The van der Waals surface area contributed by atoms with Crippen molar-refractivity contribution in [3.8, 4) is 0 Å². The average Bonchev–Trinajstić information content (AvgIpc) is 2.56. The van der Waals surface area contributed by atoms with E-state index in [1.807, 2.05) is 13.8 Å². The lowest BCUT2D eigenvalue weighted by Crippen LogP contribution is -2.34.